The van der Waals surface area contributed by atoms with Gasteiger partial charge in [-0.1, -0.05) is 6.07 Å². The highest BCUT2D eigenvalue weighted by molar-refractivity contribution is 7.99. The Kier molecular flexibility index (Phi) is 4.79. The van der Waals surface area contributed by atoms with Crippen LogP contribution in [0.1, 0.15) is 10.4 Å². The largest absolute Gasteiger partial charge is 0.480 e. The zero-order valence-electron chi connectivity index (χ0n) is 10.9. The molecule has 1 aliphatic heterocycles. The summed E-state index contributed by atoms with van der Waals surface area (Å²) >= 11 is 1.34. The molecule has 0 spiro atoms. The topological polar surface area (TPSA) is 86.7 Å². The molecule has 1 unspecified atom stereocenters. The fourth-order valence-electron chi connectivity index (χ4n) is 1.88. The highest BCUT2D eigenvalue weighted by Gasteiger charge is 2.34. The molecule has 21 heavy (non-hydrogen) atoms. The molecular weight excluding hydrogens is 299 g/mol. The van der Waals surface area contributed by atoms with E-state index in [1.807, 2.05) is 0 Å². The van der Waals surface area contributed by atoms with E-state index in [0.717, 1.165) is 6.07 Å². The van der Waals surface area contributed by atoms with Crippen molar-refractivity contribution in [3.8, 4) is 0 Å². The highest BCUT2D eigenvalue weighted by atomic mass is 32.2. The maximum Gasteiger partial charge on any atom is 0.327 e. The fraction of sp³-hybridized carbons (Fsp3) is 0.308. The van der Waals surface area contributed by atoms with Crippen LogP contribution in [0, 0.1) is 5.82 Å². The van der Waals surface area contributed by atoms with Crippen LogP contribution >= 0.6 is 11.8 Å². The predicted octanol–water partition coefficient (Wildman–Crippen LogP) is 0.542. The molecule has 1 atom stereocenters. The number of carboxylic acids is 1. The van der Waals surface area contributed by atoms with Gasteiger partial charge in [0.25, 0.3) is 5.91 Å². The molecule has 1 aliphatic rings. The van der Waals surface area contributed by atoms with E-state index >= 15 is 0 Å². The lowest BCUT2D eigenvalue weighted by atomic mass is 10.2. The number of hydrogen-bond donors (Lipinski definition) is 2. The number of benzene rings is 1. The van der Waals surface area contributed by atoms with Crippen LogP contribution in [0.3, 0.4) is 0 Å². The number of nitrogens with one attached hydrogen (secondary N) is 1. The van der Waals surface area contributed by atoms with Crippen LogP contribution in [-0.2, 0) is 9.59 Å². The Labute approximate surface area is 124 Å². The minimum absolute atomic E-state index is 0.105. The van der Waals surface area contributed by atoms with Crippen molar-refractivity contribution < 1.29 is 23.9 Å². The molecule has 0 saturated carbocycles. The van der Waals surface area contributed by atoms with Crippen LogP contribution in [0.5, 0.6) is 0 Å². The normalized spacial score (nSPS) is 17.6. The van der Waals surface area contributed by atoms with Gasteiger partial charge in [0, 0.05) is 11.3 Å². The molecule has 0 aliphatic carbocycles. The molecule has 6 nitrogen and oxygen atoms in total. The van der Waals surface area contributed by atoms with Gasteiger partial charge in [0.15, 0.2) is 0 Å². The molecule has 1 heterocycles. The smallest absolute Gasteiger partial charge is 0.327 e. The molecule has 2 rings (SSSR count). The van der Waals surface area contributed by atoms with Crippen LogP contribution in [0.25, 0.3) is 0 Å². The van der Waals surface area contributed by atoms with Gasteiger partial charge in [-0.3, -0.25) is 9.59 Å². The lowest BCUT2D eigenvalue weighted by molar-refractivity contribution is -0.147. The number of amides is 2. The second-order valence-corrected chi connectivity index (χ2v) is 5.41. The summed E-state index contributed by atoms with van der Waals surface area (Å²) in [6, 6.07) is 4.22. The minimum Gasteiger partial charge on any atom is -0.480 e. The third-order valence-corrected chi connectivity index (χ3v) is 3.99. The first-order valence-corrected chi connectivity index (χ1v) is 7.28. The van der Waals surface area contributed by atoms with Crippen LogP contribution in [0.15, 0.2) is 24.3 Å². The zero-order chi connectivity index (χ0) is 15.4. The number of hydrogen-bond acceptors (Lipinski definition) is 4. The van der Waals surface area contributed by atoms with Crippen LogP contribution in [0.2, 0.25) is 0 Å². The number of nitrogens with zero attached hydrogens (tertiary/aromatic N) is 1. The molecule has 0 radical (unpaired) electrons. The van der Waals surface area contributed by atoms with E-state index in [4.69, 9.17) is 5.11 Å². The van der Waals surface area contributed by atoms with Crippen LogP contribution in [-0.4, -0.2) is 52.0 Å². The number of halogens is 1. The maximum absolute atomic E-state index is 13.0. The third-order valence-electron chi connectivity index (χ3n) is 2.97. The average Bonchev–Trinajstić information content (AvgIpc) is 2.94. The van der Waals surface area contributed by atoms with Gasteiger partial charge in [-0.2, -0.15) is 0 Å². The van der Waals surface area contributed by atoms with Gasteiger partial charge in [0.1, 0.15) is 11.9 Å². The number of carbonyl (C=O) groups excluding carboxylic acids is 2. The second kappa shape index (κ2) is 6.57. The predicted molar refractivity (Wildman–Crippen MR) is 74.3 cm³/mol. The fourth-order valence-corrected chi connectivity index (χ4v) is 3.05. The van der Waals surface area contributed by atoms with Crippen molar-refractivity contribution in [1.82, 2.24) is 10.2 Å². The number of aliphatic carboxylic acids is 1. The number of carboxylic acid groups (broad SMARTS) is 1. The molecule has 8 heteroatoms. The summed E-state index contributed by atoms with van der Waals surface area (Å²) in [4.78, 5) is 35.9. The van der Waals surface area contributed by atoms with E-state index in [2.05, 4.69) is 5.32 Å². The Balaban J connectivity index is 1.92. The van der Waals surface area contributed by atoms with Gasteiger partial charge in [0.05, 0.1) is 12.4 Å². The quantitative estimate of drug-likeness (QED) is 0.847. The van der Waals surface area contributed by atoms with Gasteiger partial charge >= 0.3 is 5.97 Å². The Bertz CT molecular complexity index is 581. The molecule has 1 fully saturated rings. The van der Waals surface area contributed by atoms with E-state index in [-0.39, 0.29) is 18.0 Å². The monoisotopic (exact) mass is 312 g/mol. The molecule has 1 aromatic rings. The molecular formula is C13H13FN2O4S. The van der Waals surface area contributed by atoms with Crippen molar-refractivity contribution in [3.63, 3.8) is 0 Å². The van der Waals surface area contributed by atoms with Gasteiger partial charge in [0.2, 0.25) is 5.91 Å². The summed E-state index contributed by atoms with van der Waals surface area (Å²) in [5.74, 6) is -2.05. The first-order valence-electron chi connectivity index (χ1n) is 6.13. The van der Waals surface area contributed by atoms with E-state index in [0.29, 0.717) is 5.75 Å². The molecule has 0 bridgehead atoms. The Hall–Kier alpha value is -2.09. The Morgan fingerprint density at radius 2 is 2.19 bits per heavy atom. The molecule has 112 valence electrons. The Morgan fingerprint density at radius 3 is 2.86 bits per heavy atom. The highest BCUT2D eigenvalue weighted by Crippen LogP contribution is 2.20. The average molecular weight is 312 g/mol. The van der Waals surface area contributed by atoms with Crippen molar-refractivity contribution in [2.24, 2.45) is 0 Å². The van der Waals surface area contributed by atoms with Crippen LogP contribution < -0.4 is 5.32 Å². The summed E-state index contributed by atoms with van der Waals surface area (Å²) in [6.07, 6.45) is 0. The first-order chi connectivity index (χ1) is 9.99. The molecule has 2 N–H and O–H groups in total. The van der Waals surface area contributed by atoms with Crippen molar-refractivity contribution in [2.45, 2.75) is 6.04 Å². The molecule has 1 saturated heterocycles. The van der Waals surface area contributed by atoms with Crippen molar-refractivity contribution in [2.75, 3.05) is 18.2 Å². The standard InChI is InChI=1S/C13H13FN2O4S/c14-9-3-1-2-8(4-9)12(18)15-5-11(17)16-7-21-6-10(16)13(19)20/h1-4,10H,5-7H2,(H,15,18)(H,19,20). The lowest BCUT2D eigenvalue weighted by Crippen LogP contribution is -2.46. The van der Waals surface area contributed by atoms with Crippen molar-refractivity contribution in [1.29, 1.82) is 0 Å². The summed E-state index contributed by atoms with van der Waals surface area (Å²) in [7, 11) is 0. The third kappa shape index (κ3) is 3.72. The molecule has 0 aromatic heterocycles. The van der Waals surface area contributed by atoms with E-state index in [9.17, 15) is 18.8 Å². The number of rotatable bonds is 4. The van der Waals surface area contributed by atoms with E-state index in [1.54, 1.807) is 0 Å². The SMILES string of the molecule is O=C(NCC(=O)N1CSCC1C(=O)O)c1cccc(F)c1. The zero-order valence-corrected chi connectivity index (χ0v) is 11.7. The number of thioether (sulfide) groups is 1. The van der Waals surface area contributed by atoms with E-state index in [1.165, 1.54) is 34.9 Å². The van der Waals surface area contributed by atoms with Gasteiger partial charge in [-0.15, -0.1) is 11.8 Å². The minimum atomic E-state index is -1.06. The molecule has 1 aromatic carbocycles. The summed E-state index contributed by atoms with van der Waals surface area (Å²) in [5, 5.41) is 11.3. The summed E-state index contributed by atoms with van der Waals surface area (Å²) in [5.41, 5.74) is 0.105. The number of carbonyl (C=O) groups is 3. The van der Waals surface area contributed by atoms with Gasteiger partial charge in [-0.05, 0) is 18.2 Å². The van der Waals surface area contributed by atoms with Crippen molar-refractivity contribution in [3.05, 3.63) is 35.6 Å². The summed E-state index contributed by atoms with van der Waals surface area (Å²) < 4.78 is 13.0. The maximum atomic E-state index is 13.0. The van der Waals surface area contributed by atoms with Gasteiger partial charge < -0.3 is 15.3 Å². The van der Waals surface area contributed by atoms with E-state index < -0.39 is 29.6 Å². The van der Waals surface area contributed by atoms with Crippen LogP contribution in [0.4, 0.5) is 4.39 Å². The second-order valence-electron chi connectivity index (χ2n) is 4.41. The summed E-state index contributed by atoms with van der Waals surface area (Å²) in [6.45, 7) is -0.320. The first kappa shape index (κ1) is 15.3. The molecule has 2 amide bonds. The van der Waals surface area contributed by atoms with Crippen molar-refractivity contribution >= 4 is 29.5 Å². The lowest BCUT2D eigenvalue weighted by Gasteiger charge is -2.20. The van der Waals surface area contributed by atoms with Gasteiger partial charge in [-0.25, -0.2) is 9.18 Å². The Morgan fingerprint density at radius 1 is 1.43 bits per heavy atom.